The van der Waals surface area contributed by atoms with E-state index >= 15 is 0 Å². The second kappa shape index (κ2) is 7.36. The number of esters is 1. The van der Waals surface area contributed by atoms with Crippen LogP contribution in [0.5, 0.6) is 0 Å². The van der Waals surface area contributed by atoms with Crippen LogP contribution in [0.3, 0.4) is 0 Å². The maximum Gasteiger partial charge on any atom is 0.311 e. The Morgan fingerprint density at radius 2 is 1.89 bits per heavy atom. The van der Waals surface area contributed by atoms with Crippen molar-refractivity contribution in [2.75, 3.05) is 6.54 Å². The van der Waals surface area contributed by atoms with E-state index in [2.05, 4.69) is 5.32 Å². The molecule has 0 fully saturated rings. The van der Waals surface area contributed by atoms with Crippen LogP contribution < -0.4 is 5.32 Å². The first-order valence-corrected chi connectivity index (χ1v) is 6.61. The molecule has 1 rings (SSSR count). The van der Waals surface area contributed by atoms with Gasteiger partial charge in [-0.25, -0.2) is 0 Å². The first-order chi connectivity index (χ1) is 8.95. The molecule has 0 unspecified atom stereocenters. The Kier molecular flexibility index (Phi) is 6.12. The summed E-state index contributed by atoms with van der Waals surface area (Å²) >= 11 is 11.9. The fourth-order valence-electron chi connectivity index (χ4n) is 1.46. The highest BCUT2D eigenvalue weighted by molar-refractivity contribution is 6.36. The van der Waals surface area contributed by atoms with Crippen LogP contribution in [-0.4, -0.2) is 24.5 Å². The predicted octanol–water partition coefficient (Wildman–Crippen LogP) is 2.60. The topological polar surface area (TPSA) is 55.4 Å². The Hall–Kier alpha value is -1.26. The van der Waals surface area contributed by atoms with Crippen molar-refractivity contribution in [2.24, 2.45) is 0 Å². The standard InChI is InChI=1S/C13H15Cl2NO3/c1-3-16-13(18)8(2)19-12(17)7-9-10(14)5-4-6-11(9)15/h4-6,8H,3,7H2,1-2H3,(H,16,18)/t8-/m1/s1. The van der Waals surface area contributed by atoms with Gasteiger partial charge in [0.2, 0.25) is 0 Å². The van der Waals surface area contributed by atoms with E-state index in [1.807, 2.05) is 0 Å². The lowest BCUT2D eigenvalue weighted by Gasteiger charge is -2.13. The van der Waals surface area contributed by atoms with Crippen molar-refractivity contribution in [3.05, 3.63) is 33.8 Å². The molecule has 4 nitrogen and oxygen atoms in total. The molecule has 0 radical (unpaired) electrons. The SMILES string of the molecule is CCNC(=O)[C@@H](C)OC(=O)Cc1c(Cl)cccc1Cl. The van der Waals surface area contributed by atoms with Gasteiger partial charge in [0.15, 0.2) is 6.10 Å². The van der Waals surface area contributed by atoms with Gasteiger partial charge in [0.25, 0.3) is 5.91 Å². The van der Waals surface area contributed by atoms with Crippen LogP contribution in [0.15, 0.2) is 18.2 Å². The number of benzene rings is 1. The summed E-state index contributed by atoms with van der Waals surface area (Å²) in [5.74, 6) is -0.880. The van der Waals surface area contributed by atoms with E-state index in [4.69, 9.17) is 27.9 Å². The highest BCUT2D eigenvalue weighted by Gasteiger charge is 2.18. The van der Waals surface area contributed by atoms with Crippen LogP contribution in [0.1, 0.15) is 19.4 Å². The van der Waals surface area contributed by atoms with Crippen LogP contribution in [0.4, 0.5) is 0 Å². The number of carbonyl (C=O) groups excluding carboxylic acids is 2. The Morgan fingerprint density at radius 1 is 1.32 bits per heavy atom. The van der Waals surface area contributed by atoms with Crippen LogP contribution in [0.2, 0.25) is 10.0 Å². The summed E-state index contributed by atoms with van der Waals surface area (Å²) in [7, 11) is 0. The fourth-order valence-corrected chi connectivity index (χ4v) is 1.99. The molecule has 0 aliphatic carbocycles. The molecule has 6 heteroatoms. The van der Waals surface area contributed by atoms with Gasteiger partial charge in [0, 0.05) is 22.2 Å². The quantitative estimate of drug-likeness (QED) is 0.851. The minimum atomic E-state index is -0.839. The first-order valence-electron chi connectivity index (χ1n) is 5.85. The Morgan fingerprint density at radius 3 is 2.42 bits per heavy atom. The summed E-state index contributed by atoms with van der Waals surface area (Å²) in [5, 5.41) is 3.37. The molecule has 1 aromatic rings. The first kappa shape index (κ1) is 15.8. The maximum absolute atomic E-state index is 11.7. The highest BCUT2D eigenvalue weighted by Crippen LogP contribution is 2.24. The van der Waals surface area contributed by atoms with Crippen molar-refractivity contribution in [1.29, 1.82) is 0 Å². The lowest BCUT2D eigenvalue weighted by Crippen LogP contribution is -2.35. The third kappa shape index (κ3) is 4.73. The van der Waals surface area contributed by atoms with E-state index in [1.165, 1.54) is 6.92 Å². The summed E-state index contributed by atoms with van der Waals surface area (Å²) in [6.45, 7) is 3.78. The van der Waals surface area contributed by atoms with Gasteiger partial charge in [-0.1, -0.05) is 29.3 Å². The van der Waals surface area contributed by atoms with Gasteiger partial charge in [-0.3, -0.25) is 9.59 Å². The smallest absolute Gasteiger partial charge is 0.311 e. The van der Waals surface area contributed by atoms with Crippen molar-refractivity contribution in [2.45, 2.75) is 26.4 Å². The van der Waals surface area contributed by atoms with Crippen LogP contribution >= 0.6 is 23.2 Å². The minimum absolute atomic E-state index is 0.0672. The molecular formula is C13H15Cl2NO3. The molecule has 0 bridgehead atoms. The van der Waals surface area contributed by atoms with Gasteiger partial charge in [-0.2, -0.15) is 0 Å². The number of halogens is 2. The van der Waals surface area contributed by atoms with Crippen LogP contribution in [-0.2, 0) is 20.7 Å². The third-order valence-corrected chi connectivity index (χ3v) is 3.12. The monoisotopic (exact) mass is 303 g/mol. The molecule has 0 spiro atoms. The zero-order valence-corrected chi connectivity index (χ0v) is 12.2. The van der Waals surface area contributed by atoms with Gasteiger partial charge < -0.3 is 10.1 Å². The molecule has 104 valence electrons. The van der Waals surface area contributed by atoms with Crippen molar-refractivity contribution in [1.82, 2.24) is 5.32 Å². The van der Waals surface area contributed by atoms with Gasteiger partial charge in [-0.15, -0.1) is 0 Å². The predicted molar refractivity (Wildman–Crippen MR) is 74.4 cm³/mol. The summed E-state index contributed by atoms with van der Waals surface area (Å²) in [6.07, 6.45) is -0.906. The lowest BCUT2D eigenvalue weighted by molar-refractivity contribution is -0.154. The second-order valence-electron chi connectivity index (χ2n) is 3.90. The number of ether oxygens (including phenoxy) is 1. The molecular weight excluding hydrogens is 289 g/mol. The van der Waals surface area contributed by atoms with Gasteiger partial charge in [0.05, 0.1) is 6.42 Å². The van der Waals surface area contributed by atoms with E-state index in [-0.39, 0.29) is 12.3 Å². The molecule has 0 saturated heterocycles. The van der Waals surface area contributed by atoms with E-state index < -0.39 is 12.1 Å². The molecule has 19 heavy (non-hydrogen) atoms. The molecule has 0 aliphatic rings. The summed E-state index contributed by atoms with van der Waals surface area (Å²) < 4.78 is 5.01. The second-order valence-corrected chi connectivity index (χ2v) is 4.72. The zero-order valence-electron chi connectivity index (χ0n) is 10.7. The zero-order chi connectivity index (χ0) is 14.4. The van der Waals surface area contributed by atoms with Gasteiger partial charge in [-0.05, 0) is 26.0 Å². The minimum Gasteiger partial charge on any atom is -0.452 e. The Balaban J connectivity index is 2.63. The Bertz CT molecular complexity index is 457. The molecule has 0 aromatic heterocycles. The molecule has 1 N–H and O–H groups in total. The third-order valence-electron chi connectivity index (χ3n) is 2.41. The summed E-state index contributed by atoms with van der Waals surface area (Å²) in [5.41, 5.74) is 0.499. The molecule has 0 aliphatic heterocycles. The van der Waals surface area contributed by atoms with Gasteiger partial charge in [0.1, 0.15) is 0 Å². The number of likely N-dealkylation sites (N-methyl/N-ethyl adjacent to an activating group) is 1. The average molecular weight is 304 g/mol. The molecule has 0 heterocycles. The average Bonchev–Trinajstić information content (AvgIpc) is 2.34. The molecule has 1 aromatic carbocycles. The van der Waals surface area contributed by atoms with E-state index in [0.29, 0.717) is 22.2 Å². The number of hydrogen-bond donors (Lipinski definition) is 1. The van der Waals surface area contributed by atoms with Crippen LogP contribution in [0, 0.1) is 0 Å². The summed E-state index contributed by atoms with van der Waals surface area (Å²) in [4.78, 5) is 23.1. The number of rotatable bonds is 5. The van der Waals surface area contributed by atoms with Crippen molar-refractivity contribution in [3.8, 4) is 0 Å². The van der Waals surface area contributed by atoms with Crippen molar-refractivity contribution < 1.29 is 14.3 Å². The van der Waals surface area contributed by atoms with Crippen molar-refractivity contribution >= 4 is 35.1 Å². The van der Waals surface area contributed by atoms with E-state index in [1.54, 1.807) is 25.1 Å². The number of nitrogens with one attached hydrogen (secondary N) is 1. The lowest BCUT2D eigenvalue weighted by atomic mass is 10.1. The normalized spacial score (nSPS) is 11.8. The maximum atomic E-state index is 11.7. The highest BCUT2D eigenvalue weighted by atomic mass is 35.5. The molecule has 1 amide bonds. The number of amides is 1. The van der Waals surface area contributed by atoms with E-state index in [0.717, 1.165) is 0 Å². The van der Waals surface area contributed by atoms with E-state index in [9.17, 15) is 9.59 Å². The molecule has 1 atom stereocenters. The number of hydrogen-bond acceptors (Lipinski definition) is 3. The van der Waals surface area contributed by atoms with Crippen molar-refractivity contribution in [3.63, 3.8) is 0 Å². The van der Waals surface area contributed by atoms with Gasteiger partial charge >= 0.3 is 5.97 Å². The number of carbonyl (C=O) groups is 2. The summed E-state index contributed by atoms with van der Waals surface area (Å²) in [6, 6.07) is 4.98. The molecule has 0 saturated carbocycles. The van der Waals surface area contributed by atoms with Crippen LogP contribution in [0.25, 0.3) is 0 Å². The largest absolute Gasteiger partial charge is 0.452 e. The Labute approximate surface area is 122 Å². The fraction of sp³-hybridized carbons (Fsp3) is 0.385.